The van der Waals surface area contributed by atoms with Gasteiger partial charge < -0.3 is 10.2 Å². The highest BCUT2D eigenvalue weighted by atomic mass is 32.2. The Morgan fingerprint density at radius 3 is 2.48 bits per heavy atom. The quantitative estimate of drug-likeness (QED) is 0.142. The first-order chi connectivity index (χ1) is 23.8. The van der Waals surface area contributed by atoms with E-state index in [4.69, 9.17) is 0 Å². The molecule has 6 nitrogen and oxygen atoms in total. The average molecular weight is 720 g/mol. The molecule has 0 radical (unpaired) electrons. The zero-order valence-electron chi connectivity index (χ0n) is 28.3. The van der Waals surface area contributed by atoms with Crippen LogP contribution in [-0.4, -0.2) is 47.0 Å². The predicted molar refractivity (Wildman–Crippen MR) is 192 cm³/mol. The molecule has 7 rings (SSSR count). The van der Waals surface area contributed by atoms with E-state index in [1.165, 1.54) is 10.4 Å². The molecular weight excluding hydrogens is 677 g/mol. The molecule has 10 heteroatoms. The van der Waals surface area contributed by atoms with E-state index in [2.05, 4.69) is 6.08 Å². The van der Waals surface area contributed by atoms with Gasteiger partial charge in [0.2, 0.25) is 0 Å². The molecule has 0 aliphatic heterocycles. The summed E-state index contributed by atoms with van der Waals surface area (Å²) < 4.78 is 58.2. The van der Waals surface area contributed by atoms with Crippen LogP contribution in [0.15, 0.2) is 100 Å². The smallest absolute Gasteiger partial charge is 0.252 e. The number of aliphatic hydroxyl groups excluding tert-OH is 1. The van der Waals surface area contributed by atoms with Crippen LogP contribution in [0.4, 0.5) is 8.78 Å². The molecule has 1 heterocycles. The van der Waals surface area contributed by atoms with Crippen molar-refractivity contribution in [3.8, 4) is 0 Å². The number of ketones is 1. The third-order valence-corrected chi connectivity index (χ3v) is 14.0. The summed E-state index contributed by atoms with van der Waals surface area (Å²) in [5.41, 5.74) is 1.20. The lowest BCUT2D eigenvalue weighted by atomic mass is 9.64. The van der Waals surface area contributed by atoms with Crippen molar-refractivity contribution in [2.24, 2.45) is 5.41 Å². The number of carbonyl (C=O) groups excluding carboxylic acids is 1. The topological polar surface area (TPSA) is 94.9 Å². The first-order valence-corrected chi connectivity index (χ1v) is 19.4. The van der Waals surface area contributed by atoms with Crippen LogP contribution in [0.25, 0.3) is 0 Å². The molecule has 50 heavy (non-hydrogen) atoms. The number of hydrogen-bond acceptors (Lipinski definition) is 6. The Kier molecular flexibility index (Phi) is 10.6. The minimum absolute atomic E-state index is 0.00596. The first-order valence-electron chi connectivity index (χ1n) is 17.1. The van der Waals surface area contributed by atoms with Crippen LogP contribution in [0.5, 0.6) is 0 Å². The van der Waals surface area contributed by atoms with E-state index in [0.29, 0.717) is 49.7 Å². The van der Waals surface area contributed by atoms with Gasteiger partial charge in [-0.15, -0.1) is 11.3 Å². The molecule has 1 fully saturated rings. The third kappa shape index (κ3) is 7.27. The molecule has 2 bridgehead atoms. The number of halogens is 2. The fourth-order valence-corrected chi connectivity index (χ4v) is 10.5. The summed E-state index contributed by atoms with van der Waals surface area (Å²) in [6.07, 6.45) is 4.83. The van der Waals surface area contributed by atoms with E-state index in [-0.39, 0.29) is 35.2 Å². The SMILES string of the molecule is CC1=CCCC2(C)C(CCC2(O)CN(Cc2ccccc2)S(=O)(=O)c2cccs2)c2ccc(cc2C(=O)c2ccc(F)c(F)c2)CC(O)CC1. The van der Waals surface area contributed by atoms with Crippen LogP contribution < -0.4 is 0 Å². The van der Waals surface area contributed by atoms with E-state index < -0.39 is 44.6 Å². The standard InChI is InChI=1S/C40H43F2NO5S2/c1-27-8-6-19-39(2)34(18-20-40(39,46)26-43(25-28-9-4-3-5-10-28)50(47,48)37-11-7-21-49-37)32-16-13-29(22-31(44)15-12-27)23-33(32)38(45)30-14-17-35(41)36(42)24-30/h3-5,7-11,13-14,16-17,21,23-24,31,34,44,46H,6,12,15,18-20,22,25-26H2,1-2H3. The fraction of sp³-hybridized carbons (Fsp3) is 0.375. The van der Waals surface area contributed by atoms with Crippen molar-refractivity contribution in [1.29, 1.82) is 0 Å². The maximum atomic E-state index is 14.4. The molecule has 264 valence electrons. The molecule has 2 N–H and O–H groups in total. The van der Waals surface area contributed by atoms with Gasteiger partial charge in [-0.3, -0.25) is 4.79 Å². The molecule has 3 aliphatic rings. The highest BCUT2D eigenvalue weighted by Crippen LogP contribution is 2.59. The van der Waals surface area contributed by atoms with E-state index in [9.17, 15) is 32.2 Å². The summed E-state index contributed by atoms with van der Waals surface area (Å²) >= 11 is 1.13. The molecule has 4 unspecified atom stereocenters. The van der Waals surface area contributed by atoms with Gasteiger partial charge >= 0.3 is 0 Å². The summed E-state index contributed by atoms with van der Waals surface area (Å²) in [5, 5.41) is 25.5. The monoisotopic (exact) mass is 719 g/mol. The Balaban J connectivity index is 1.47. The van der Waals surface area contributed by atoms with Gasteiger partial charge in [0, 0.05) is 29.6 Å². The van der Waals surface area contributed by atoms with Gasteiger partial charge in [0.15, 0.2) is 17.4 Å². The molecule has 3 aromatic carbocycles. The second-order valence-corrected chi connectivity index (χ2v) is 17.2. The maximum Gasteiger partial charge on any atom is 0.252 e. The second kappa shape index (κ2) is 14.6. The zero-order valence-corrected chi connectivity index (χ0v) is 30.0. The van der Waals surface area contributed by atoms with Crippen LogP contribution in [0, 0.1) is 17.0 Å². The van der Waals surface area contributed by atoms with Crippen LogP contribution >= 0.6 is 11.3 Å². The van der Waals surface area contributed by atoms with E-state index in [1.54, 1.807) is 23.6 Å². The molecular formula is C40H43F2NO5S2. The molecule has 4 atom stereocenters. The number of nitrogens with zero attached hydrogens (tertiary/aromatic N) is 1. The highest BCUT2D eigenvalue weighted by molar-refractivity contribution is 7.91. The normalized spacial score (nSPS) is 24.5. The van der Waals surface area contributed by atoms with Gasteiger partial charge in [-0.2, -0.15) is 4.31 Å². The van der Waals surface area contributed by atoms with E-state index >= 15 is 0 Å². The number of sulfonamides is 1. The molecule has 1 aromatic heterocycles. The summed E-state index contributed by atoms with van der Waals surface area (Å²) in [5.74, 6) is -3.04. The van der Waals surface area contributed by atoms with E-state index in [1.807, 2.05) is 56.3 Å². The van der Waals surface area contributed by atoms with Crippen LogP contribution in [0.1, 0.15) is 90.9 Å². The van der Waals surface area contributed by atoms with Crippen LogP contribution in [-0.2, 0) is 23.0 Å². The van der Waals surface area contributed by atoms with Crippen molar-refractivity contribution in [2.75, 3.05) is 6.54 Å². The Hall–Kier alpha value is -3.54. The van der Waals surface area contributed by atoms with Crippen LogP contribution in [0.2, 0.25) is 0 Å². The summed E-state index contributed by atoms with van der Waals surface area (Å²) in [4.78, 5) is 14.2. The van der Waals surface area contributed by atoms with Crippen molar-refractivity contribution in [3.63, 3.8) is 0 Å². The minimum atomic E-state index is -3.99. The Labute approximate surface area is 297 Å². The number of thiophene rings is 1. The van der Waals surface area contributed by atoms with Crippen molar-refractivity contribution in [1.82, 2.24) is 4.31 Å². The predicted octanol–water partition coefficient (Wildman–Crippen LogP) is 8.19. The summed E-state index contributed by atoms with van der Waals surface area (Å²) in [7, 11) is -3.99. The Morgan fingerprint density at radius 2 is 1.76 bits per heavy atom. The molecule has 3 aliphatic carbocycles. The number of benzene rings is 3. The summed E-state index contributed by atoms with van der Waals surface area (Å²) in [6, 6.07) is 21.2. The van der Waals surface area contributed by atoms with Crippen molar-refractivity contribution in [2.45, 2.75) is 87.2 Å². The maximum absolute atomic E-state index is 14.4. The first kappa shape index (κ1) is 36.3. The second-order valence-electron chi connectivity index (χ2n) is 14.1. The van der Waals surface area contributed by atoms with Gasteiger partial charge in [0.1, 0.15) is 4.21 Å². The number of fused-ring (bicyclic) bond motifs is 8. The van der Waals surface area contributed by atoms with Gasteiger partial charge in [0.05, 0.1) is 11.7 Å². The number of allylic oxidation sites excluding steroid dienone is 2. The Morgan fingerprint density at radius 1 is 0.980 bits per heavy atom. The number of rotatable bonds is 8. The third-order valence-electron chi connectivity index (χ3n) is 10.8. The van der Waals surface area contributed by atoms with Crippen molar-refractivity contribution < 1.29 is 32.2 Å². The zero-order chi connectivity index (χ0) is 35.7. The number of carbonyl (C=O) groups is 1. The fourth-order valence-electron chi connectivity index (χ4n) is 7.83. The number of hydrogen-bond donors (Lipinski definition) is 2. The largest absolute Gasteiger partial charge is 0.393 e. The summed E-state index contributed by atoms with van der Waals surface area (Å²) in [6.45, 7) is 3.93. The molecule has 4 aromatic rings. The minimum Gasteiger partial charge on any atom is -0.393 e. The van der Waals surface area contributed by atoms with Crippen LogP contribution in [0.3, 0.4) is 0 Å². The molecule has 0 spiro atoms. The van der Waals surface area contributed by atoms with Crippen molar-refractivity contribution in [3.05, 3.63) is 135 Å². The Bertz CT molecular complexity index is 1980. The van der Waals surface area contributed by atoms with Gasteiger partial charge in [-0.25, -0.2) is 17.2 Å². The van der Waals surface area contributed by atoms with E-state index in [0.717, 1.165) is 40.2 Å². The average Bonchev–Trinajstić information content (AvgIpc) is 3.72. The lowest BCUT2D eigenvalue weighted by Gasteiger charge is -2.46. The van der Waals surface area contributed by atoms with Gasteiger partial charge in [-0.1, -0.05) is 67.1 Å². The van der Waals surface area contributed by atoms with Crippen molar-refractivity contribution >= 4 is 27.1 Å². The lowest BCUT2D eigenvalue weighted by Crippen LogP contribution is -2.53. The molecule has 0 saturated heterocycles. The lowest BCUT2D eigenvalue weighted by molar-refractivity contribution is -0.0731. The molecule has 1 saturated carbocycles. The number of aliphatic hydroxyl groups is 2. The highest BCUT2D eigenvalue weighted by Gasteiger charge is 2.58. The van der Waals surface area contributed by atoms with Gasteiger partial charge in [-0.05, 0) is 110 Å². The molecule has 0 amide bonds. The van der Waals surface area contributed by atoms with Gasteiger partial charge in [0.25, 0.3) is 10.0 Å².